The van der Waals surface area contributed by atoms with Gasteiger partial charge in [0.15, 0.2) is 0 Å². The van der Waals surface area contributed by atoms with Gasteiger partial charge in [-0.15, -0.1) is 0 Å². The number of carbonyl (C=O) groups excluding carboxylic acids is 1. The van der Waals surface area contributed by atoms with Crippen LogP contribution in [0, 0.1) is 11.3 Å². The van der Waals surface area contributed by atoms with Gasteiger partial charge in [0.25, 0.3) is 5.91 Å². The number of pyridine rings is 1. The van der Waals surface area contributed by atoms with Gasteiger partial charge in [-0.1, -0.05) is 0 Å². The highest BCUT2D eigenvalue weighted by atomic mass is 16.1. The van der Waals surface area contributed by atoms with E-state index in [0.717, 1.165) is 5.69 Å². The number of nitrogens with zero attached hydrogens (tertiary/aromatic N) is 3. The van der Waals surface area contributed by atoms with Crippen molar-refractivity contribution in [3.8, 4) is 6.07 Å². The smallest absolute Gasteiger partial charge is 0.270 e. The zero-order chi connectivity index (χ0) is 12.1. The summed E-state index contributed by atoms with van der Waals surface area (Å²) < 4.78 is 0. The summed E-state index contributed by atoms with van der Waals surface area (Å²) in [5.41, 5.74) is 1.52. The lowest BCUT2D eigenvalue weighted by molar-refractivity contribution is 0.0945. The number of rotatable bonds is 3. The van der Waals surface area contributed by atoms with Gasteiger partial charge >= 0.3 is 0 Å². The third-order valence-corrected chi connectivity index (χ3v) is 2.12. The van der Waals surface area contributed by atoms with E-state index in [-0.39, 0.29) is 11.6 Å². The summed E-state index contributed by atoms with van der Waals surface area (Å²) in [4.78, 5) is 22.2. The minimum atomic E-state index is -0.288. The molecule has 2 N–H and O–H groups in total. The summed E-state index contributed by atoms with van der Waals surface area (Å²) in [5.74, 6) is -0.288. The maximum Gasteiger partial charge on any atom is 0.270 e. The molecule has 0 saturated carbocycles. The van der Waals surface area contributed by atoms with E-state index in [9.17, 15) is 4.79 Å². The molecule has 0 fully saturated rings. The number of aromatic nitrogens is 3. The van der Waals surface area contributed by atoms with Gasteiger partial charge in [0.1, 0.15) is 11.8 Å². The molecule has 2 aromatic heterocycles. The van der Waals surface area contributed by atoms with E-state index < -0.39 is 0 Å². The van der Waals surface area contributed by atoms with Crippen molar-refractivity contribution in [3.63, 3.8) is 0 Å². The molecule has 0 atom stereocenters. The first-order valence-electron chi connectivity index (χ1n) is 4.91. The van der Waals surface area contributed by atoms with Crippen LogP contribution >= 0.6 is 0 Å². The Morgan fingerprint density at radius 2 is 2.35 bits per heavy atom. The number of carbonyl (C=O) groups is 1. The molecule has 0 saturated heterocycles. The highest BCUT2D eigenvalue weighted by Crippen LogP contribution is 1.99. The Morgan fingerprint density at radius 3 is 2.94 bits per heavy atom. The minimum Gasteiger partial charge on any atom is -0.347 e. The van der Waals surface area contributed by atoms with Crippen LogP contribution in [0.2, 0.25) is 0 Å². The number of hydrogen-bond acceptors (Lipinski definition) is 4. The predicted molar refractivity (Wildman–Crippen MR) is 58.7 cm³/mol. The molecule has 0 aliphatic heterocycles. The zero-order valence-electron chi connectivity index (χ0n) is 8.84. The van der Waals surface area contributed by atoms with Crippen LogP contribution in [-0.2, 0) is 6.54 Å². The molecule has 0 radical (unpaired) electrons. The highest BCUT2D eigenvalue weighted by Gasteiger charge is 2.06. The average molecular weight is 227 g/mol. The van der Waals surface area contributed by atoms with Crippen LogP contribution in [0.3, 0.4) is 0 Å². The van der Waals surface area contributed by atoms with Crippen molar-refractivity contribution >= 4 is 5.91 Å². The van der Waals surface area contributed by atoms with E-state index in [0.29, 0.717) is 12.1 Å². The highest BCUT2D eigenvalue weighted by molar-refractivity contribution is 5.92. The Kier molecular flexibility index (Phi) is 3.12. The van der Waals surface area contributed by atoms with E-state index >= 15 is 0 Å². The molecule has 2 heterocycles. The maximum atomic E-state index is 11.6. The average Bonchev–Trinajstić information content (AvgIpc) is 2.89. The van der Waals surface area contributed by atoms with Gasteiger partial charge in [-0.3, -0.25) is 4.79 Å². The van der Waals surface area contributed by atoms with Crippen molar-refractivity contribution in [1.29, 1.82) is 5.26 Å². The van der Waals surface area contributed by atoms with E-state index in [1.54, 1.807) is 18.6 Å². The van der Waals surface area contributed by atoms with Gasteiger partial charge in [0.05, 0.1) is 24.1 Å². The zero-order valence-corrected chi connectivity index (χ0v) is 8.84. The van der Waals surface area contributed by atoms with Crippen LogP contribution < -0.4 is 5.32 Å². The van der Waals surface area contributed by atoms with E-state index in [2.05, 4.69) is 20.3 Å². The Morgan fingerprint density at radius 1 is 1.47 bits per heavy atom. The first-order valence-corrected chi connectivity index (χ1v) is 4.91. The van der Waals surface area contributed by atoms with Crippen molar-refractivity contribution in [3.05, 3.63) is 47.8 Å². The molecular weight excluding hydrogens is 218 g/mol. The Labute approximate surface area is 97.3 Å². The third-order valence-electron chi connectivity index (χ3n) is 2.12. The number of aromatic amines is 1. The number of nitrogens with one attached hydrogen (secondary N) is 2. The molecule has 0 aromatic carbocycles. The first-order chi connectivity index (χ1) is 8.29. The lowest BCUT2D eigenvalue weighted by Gasteiger charge is -2.02. The lowest BCUT2D eigenvalue weighted by atomic mass is 10.2. The maximum absolute atomic E-state index is 11.6. The fraction of sp³-hybridized carbons (Fsp3) is 0.0909. The molecular formula is C11H9N5O. The second kappa shape index (κ2) is 4.90. The summed E-state index contributed by atoms with van der Waals surface area (Å²) >= 11 is 0. The topological polar surface area (TPSA) is 94.5 Å². The largest absolute Gasteiger partial charge is 0.347 e. The summed E-state index contributed by atoms with van der Waals surface area (Å²) in [6.45, 7) is 0.362. The second-order valence-electron chi connectivity index (χ2n) is 3.30. The van der Waals surface area contributed by atoms with Crippen LogP contribution in [0.15, 0.2) is 30.9 Å². The molecule has 0 spiro atoms. The Balaban J connectivity index is 1.97. The van der Waals surface area contributed by atoms with Crippen LogP contribution in [0.25, 0.3) is 0 Å². The van der Waals surface area contributed by atoms with Crippen LogP contribution in [0.1, 0.15) is 21.7 Å². The standard InChI is InChI=1S/C11H9N5O/c12-3-8-1-2-10(14-4-8)11(17)15-6-9-5-13-7-16-9/h1-2,4-5,7H,6H2,(H,13,16)(H,15,17). The fourth-order valence-electron chi connectivity index (χ4n) is 1.24. The molecule has 2 aromatic rings. The minimum absolute atomic E-state index is 0.281. The lowest BCUT2D eigenvalue weighted by Crippen LogP contribution is -2.23. The van der Waals surface area contributed by atoms with Crippen molar-refractivity contribution in [2.24, 2.45) is 0 Å². The van der Waals surface area contributed by atoms with Gasteiger partial charge in [0, 0.05) is 12.4 Å². The molecule has 0 aliphatic carbocycles. The molecule has 0 bridgehead atoms. The molecule has 17 heavy (non-hydrogen) atoms. The molecule has 2 rings (SSSR count). The van der Waals surface area contributed by atoms with Crippen LogP contribution in [0.5, 0.6) is 0 Å². The molecule has 0 aliphatic rings. The van der Waals surface area contributed by atoms with Crippen LogP contribution in [-0.4, -0.2) is 20.9 Å². The van der Waals surface area contributed by atoms with E-state index in [4.69, 9.17) is 5.26 Å². The Bertz CT molecular complexity index is 538. The first kappa shape index (κ1) is 10.8. The quantitative estimate of drug-likeness (QED) is 0.803. The third kappa shape index (κ3) is 2.66. The van der Waals surface area contributed by atoms with Gasteiger partial charge in [-0.25, -0.2) is 9.97 Å². The summed E-state index contributed by atoms with van der Waals surface area (Å²) in [7, 11) is 0. The summed E-state index contributed by atoms with van der Waals surface area (Å²) in [6, 6.07) is 5.01. The fourth-order valence-corrected chi connectivity index (χ4v) is 1.24. The summed E-state index contributed by atoms with van der Waals surface area (Å²) in [5, 5.41) is 11.3. The second-order valence-corrected chi connectivity index (χ2v) is 3.30. The number of imidazole rings is 1. The van der Waals surface area contributed by atoms with Gasteiger partial charge in [0.2, 0.25) is 0 Å². The van der Waals surface area contributed by atoms with Gasteiger partial charge in [-0.2, -0.15) is 5.26 Å². The molecule has 0 unspecified atom stereocenters. The monoisotopic (exact) mass is 227 g/mol. The van der Waals surface area contributed by atoms with Crippen molar-refractivity contribution < 1.29 is 4.79 Å². The normalized spacial score (nSPS) is 9.59. The number of H-pyrrole nitrogens is 1. The number of hydrogen-bond donors (Lipinski definition) is 2. The molecule has 84 valence electrons. The van der Waals surface area contributed by atoms with Crippen molar-refractivity contribution in [2.45, 2.75) is 6.54 Å². The Hall–Kier alpha value is -2.68. The summed E-state index contributed by atoms with van der Waals surface area (Å²) in [6.07, 6.45) is 4.54. The number of amides is 1. The van der Waals surface area contributed by atoms with Gasteiger partial charge in [-0.05, 0) is 12.1 Å². The van der Waals surface area contributed by atoms with E-state index in [1.807, 2.05) is 6.07 Å². The van der Waals surface area contributed by atoms with Crippen LogP contribution in [0.4, 0.5) is 0 Å². The SMILES string of the molecule is N#Cc1ccc(C(=O)NCc2cnc[nH]2)nc1. The van der Waals surface area contributed by atoms with Crippen molar-refractivity contribution in [2.75, 3.05) is 0 Å². The predicted octanol–water partition coefficient (Wildman–Crippen LogP) is 0.606. The molecule has 6 heteroatoms. The van der Waals surface area contributed by atoms with E-state index in [1.165, 1.54) is 12.3 Å². The van der Waals surface area contributed by atoms with Gasteiger partial charge < -0.3 is 10.3 Å². The van der Waals surface area contributed by atoms with Crippen molar-refractivity contribution in [1.82, 2.24) is 20.3 Å². The molecule has 6 nitrogen and oxygen atoms in total. The molecule has 1 amide bonds. The number of nitriles is 1.